The van der Waals surface area contributed by atoms with E-state index >= 15 is 0 Å². The Hall–Kier alpha value is -0.960. The van der Waals surface area contributed by atoms with E-state index in [9.17, 15) is 15.3 Å². The van der Waals surface area contributed by atoms with Gasteiger partial charge < -0.3 is 15.3 Å². The summed E-state index contributed by atoms with van der Waals surface area (Å²) in [4.78, 5) is 0. The van der Waals surface area contributed by atoms with Crippen LogP contribution in [0.2, 0.25) is 0 Å². The van der Waals surface area contributed by atoms with Crippen molar-refractivity contribution in [3.8, 4) is 0 Å². The molecule has 3 nitrogen and oxygen atoms in total. The summed E-state index contributed by atoms with van der Waals surface area (Å²) in [5.74, 6) is -0.264. The van der Waals surface area contributed by atoms with Crippen molar-refractivity contribution in [2.45, 2.75) is 65.9 Å². The van der Waals surface area contributed by atoms with Crippen LogP contribution < -0.4 is 0 Å². The van der Waals surface area contributed by atoms with E-state index in [1.807, 2.05) is 0 Å². The number of hydrogen-bond acceptors (Lipinski definition) is 3. The van der Waals surface area contributed by atoms with Gasteiger partial charge in [0.1, 0.15) is 11.5 Å². The van der Waals surface area contributed by atoms with E-state index in [4.69, 9.17) is 0 Å². The van der Waals surface area contributed by atoms with Crippen molar-refractivity contribution in [3.05, 3.63) is 22.7 Å². The van der Waals surface area contributed by atoms with E-state index in [-0.39, 0.29) is 11.5 Å². The molecule has 0 radical (unpaired) electrons. The zero-order chi connectivity index (χ0) is 13.6. The summed E-state index contributed by atoms with van der Waals surface area (Å²) >= 11 is 0. The lowest BCUT2D eigenvalue weighted by Crippen LogP contribution is -2.35. The number of hydrogen-bond donors (Lipinski definition) is 3. The molecule has 0 atom stereocenters. The molecule has 3 heteroatoms. The molecule has 0 aromatic rings. The Balaban J connectivity index is 5.24. The average molecular weight is 242 g/mol. The number of aliphatic hydroxyl groups is 3. The molecule has 0 aliphatic rings. The predicted molar refractivity (Wildman–Crippen MR) is 71.1 cm³/mol. The first-order valence-electron chi connectivity index (χ1n) is 6.23. The Morgan fingerprint density at radius 2 is 1.29 bits per heavy atom. The number of rotatable bonds is 6. The average Bonchev–Trinajstić information content (AvgIpc) is 2.26. The van der Waals surface area contributed by atoms with E-state index < -0.39 is 5.60 Å². The molecule has 17 heavy (non-hydrogen) atoms. The van der Waals surface area contributed by atoms with E-state index in [0.717, 1.165) is 19.3 Å². The third-order valence-corrected chi connectivity index (χ3v) is 2.87. The Morgan fingerprint density at radius 1 is 0.882 bits per heavy atom. The van der Waals surface area contributed by atoms with Gasteiger partial charge in [0.25, 0.3) is 0 Å². The molecule has 0 spiro atoms. The lowest BCUT2D eigenvalue weighted by Gasteiger charge is -2.29. The summed E-state index contributed by atoms with van der Waals surface area (Å²) in [6.45, 7) is 8.95. The van der Waals surface area contributed by atoms with E-state index in [1.165, 1.54) is 0 Å². The fraction of sp³-hybridized carbons (Fsp3) is 0.714. The van der Waals surface area contributed by atoms with Crippen molar-refractivity contribution in [1.82, 2.24) is 0 Å². The normalized spacial score (nSPS) is 11.2. The first kappa shape index (κ1) is 16.0. The fourth-order valence-electron chi connectivity index (χ4n) is 1.81. The highest BCUT2D eigenvalue weighted by Gasteiger charge is 2.37. The smallest absolute Gasteiger partial charge is 0.178 e. The molecule has 0 aromatic carbocycles. The van der Waals surface area contributed by atoms with E-state index in [0.29, 0.717) is 17.6 Å². The van der Waals surface area contributed by atoms with Gasteiger partial charge in [-0.2, -0.15) is 0 Å². The van der Waals surface area contributed by atoms with Crippen LogP contribution in [-0.4, -0.2) is 20.9 Å². The molecule has 0 aromatic heterocycles. The lowest BCUT2D eigenvalue weighted by atomic mass is 9.88. The molecule has 0 rings (SSSR count). The molecule has 0 heterocycles. The van der Waals surface area contributed by atoms with Gasteiger partial charge in [-0.15, -0.1) is 0 Å². The van der Waals surface area contributed by atoms with Gasteiger partial charge in [0.05, 0.1) is 0 Å². The van der Waals surface area contributed by atoms with Crippen LogP contribution in [0.4, 0.5) is 0 Å². The zero-order valence-electron chi connectivity index (χ0n) is 11.7. The Kier molecular flexibility index (Phi) is 6.32. The molecule has 0 fully saturated rings. The second-order valence-corrected chi connectivity index (χ2v) is 5.01. The summed E-state index contributed by atoms with van der Waals surface area (Å²) < 4.78 is 0. The highest BCUT2D eigenvalue weighted by molar-refractivity contribution is 5.28. The van der Waals surface area contributed by atoms with Crippen LogP contribution >= 0.6 is 0 Å². The van der Waals surface area contributed by atoms with Crippen LogP contribution in [-0.2, 0) is 0 Å². The van der Waals surface area contributed by atoms with Crippen LogP contribution in [0.25, 0.3) is 0 Å². The van der Waals surface area contributed by atoms with E-state index in [1.54, 1.807) is 27.7 Å². The van der Waals surface area contributed by atoms with Gasteiger partial charge in [0.15, 0.2) is 5.60 Å². The SMILES string of the molecule is CCCCCC(O)(C(O)=C(C)C)C(O)=C(C)C. The lowest BCUT2D eigenvalue weighted by molar-refractivity contribution is 0.0188. The summed E-state index contributed by atoms with van der Waals surface area (Å²) in [5.41, 5.74) is -0.374. The standard InChI is InChI=1S/C14H26O3/c1-6-7-8-9-14(17,12(15)10(2)3)13(16)11(4)5/h15-17H,6-9H2,1-5H3. The summed E-state index contributed by atoms with van der Waals surface area (Å²) in [7, 11) is 0. The van der Waals surface area contributed by atoms with Crippen LogP contribution in [0.1, 0.15) is 60.3 Å². The summed E-state index contributed by atoms with van der Waals surface area (Å²) in [6, 6.07) is 0. The van der Waals surface area contributed by atoms with Crippen LogP contribution in [0, 0.1) is 0 Å². The van der Waals surface area contributed by atoms with Gasteiger partial charge >= 0.3 is 0 Å². The zero-order valence-corrected chi connectivity index (χ0v) is 11.7. The maximum atomic E-state index is 10.5. The van der Waals surface area contributed by atoms with Crippen molar-refractivity contribution < 1.29 is 15.3 Å². The largest absolute Gasteiger partial charge is 0.509 e. The summed E-state index contributed by atoms with van der Waals surface area (Å²) in [5, 5.41) is 30.5. The van der Waals surface area contributed by atoms with Gasteiger partial charge in [0.2, 0.25) is 0 Å². The minimum Gasteiger partial charge on any atom is -0.509 e. The Bertz CT molecular complexity index is 281. The van der Waals surface area contributed by atoms with Crippen LogP contribution in [0.5, 0.6) is 0 Å². The first-order valence-corrected chi connectivity index (χ1v) is 6.23. The molecule has 0 aliphatic heterocycles. The topological polar surface area (TPSA) is 60.7 Å². The second kappa shape index (κ2) is 6.70. The van der Waals surface area contributed by atoms with Crippen molar-refractivity contribution >= 4 is 0 Å². The summed E-state index contributed by atoms with van der Waals surface area (Å²) in [6.07, 6.45) is 3.10. The third kappa shape index (κ3) is 4.08. The molecular weight excluding hydrogens is 216 g/mol. The van der Waals surface area contributed by atoms with E-state index in [2.05, 4.69) is 6.92 Å². The fourth-order valence-corrected chi connectivity index (χ4v) is 1.81. The van der Waals surface area contributed by atoms with Crippen LogP contribution in [0.3, 0.4) is 0 Å². The Morgan fingerprint density at radius 3 is 1.59 bits per heavy atom. The van der Waals surface area contributed by atoms with Crippen LogP contribution in [0.15, 0.2) is 22.7 Å². The molecule has 0 saturated carbocycles. The molecule has 0 aliphatic carbocycles. The molecule has 0 amide bonds. The highest BCUT2D eigenvalue weighted by Crippen LogP contribution is 2.32. The van der Waals surface area contributed by atoms with Gasteiger partial charge in [-0.25, -0.2) is 0 Å². The number of allylic oxidation sites excluding steroid dienone is 2. The molecule has 0 saturated heterocycles. The van der Waals surface area contributed by atoms with Crippen molar-refractivity contribution in [2.75, 3.05) is 0 Å². The molecule has 3 N–H and O–H groups in total. The molecular formula is C14H26O3. The number of unbranched alkanes of at least 4 members (excludes halogenated alkanes) is 2. The predicted octanol–water partition coefficient (Wildman–Crippen LogP) is 4.00. The Labute approximate surface area is 104 Å². The number of aliphatic hydroxyl groups excluding tert-OH is 2. The van der Waals surface area contributed by atoms with Gasteiger partial charge in [-0.1, -0.05) is 19.8 Å². The molecule has 100 valence electrons. The monoisotopic (exact) mass is 242 g/mol. The van der Waals surface area contributed by atoms with Crippen molar-refractivity contribution in [3.63, 3.8) is 0 Å². The minimum absolute atomic E-state index is 0.132. The maximum absolute atomic E-state index is 10.5. The molecule has 0 bridgehead atoms. The van der Waals surface area contributed by atoms with Crippen molar-refractivity contribution in [2.24, 2.45) is 0 Å². The van der Waals surface area contributed by atoms with Crippen molar-refractivity contribution in [1.29, 1.82) is 0 Å². The molecule has 0 unspecified atom stereocenters. The second-order valence-electron chi connectivity index (χ2n) is 5.01. The maximum Gasteiger partial charge on any atom is 0.178 e. The highest BCUT2D eigenvalue weighted by atomic mass is 16.4. The third-order valence-electron chi connectivity index (χ3n) is 2.87. The van der Waals surface area contributed by atoms with Gasteiger partial charge in [-0.3, -0.25) is 0 Å². The quantitative estimate of drug-likeness (QED) is 0.487. The first-order chi connectivity index (χ1) is 7.77. The van der Waals surface area contributed by atoms with Gasteiger partial charge in [0, 0.05) is 0 Å². The van der Waals surface area contributed by atoms with Gasteiger partial charge in [-0.05, 0) is 51.7 Å². The minimum atomic E-state index is -1.62.